The Morgan fingerprint density at radius 2 is 2.12 bits per heavy atom. The minimum Gasteiger partial charge on any atom is -0.479 e. The second kappa shape index (κ2) is 6.15. The van der Waals surface area contributed by atoms with Crippen molar-refractivity contribution in [3.05, 3.63) is 30.5 Å². The van der Waals surface area contributed by atoms with Gasteiger partial charge in [-0.3, -0.25) is 9.48 Å². The molecule has 1 aromatic carbocycles. The number of aromatic nitrogens is 2. The normalized spacial score (nSPS) is 24.7. The Morgan fingerprint density at radius 3 is 2.76 bits per heavy atom. The zero-order valence-corrected chi connectivity index (χ0v) is 14.7. The molecule has 25 heavy (non-hydrogen) atoms. The predicted molar refractivity (Wildman–Crippen MR) is 92.1 cm³/mol. The number of nitrogens with one attached hydrogen (secondary N) is 1. The van der Waals surface area contributed by atoms with E-state index < -0.39 is 16.9 Å². The standard InChI is InChI=1S/C18H23N3O4/c1-4-25-14-9-18(16(23)24,17(14,2)3)20-15(22)11-21-13-8-6-5-7-12(13)10-19-21/h5-8,10,14H,4,9,11H2,1-3H3,(H,20,22)(H,23,24). The van der Waals surface area contributed by atoms with Crippen molar-refractivity contribution in [3.8, 4) is 0 Å². The molecule has 134 valence electrons. The van der Waals surface area contributed by atoms with Gasteiger partial charge in [0.1, 0.15) is 12.1 Å². The second-order valence-corrected chi connectivity index (χ2v) is 6.99. The van der Waals surface area contributed by atoms with Crippen LogP contribution >= 0.6 is 0 Å². The van der Waals surface area contributed by atoms with Crippen LogP contribution in [-0.4, -0.2) is 45.0 Å². The highest BCUT2D eigenvalue weighted by molar-refractivity contribution is 5.90. The van der Waals surface area contributed by atoms with Crippen LogP contribution in [-0.2, 0) is 20.9 Å². The molecule has 2 atom stereocenters. The molecule has 1 amide bonds. The maximum atomic E-state index is 12.5. The molecular weight excluding hydrogens is 322 g/mol. The molecule has 0 spiro atoms. The van der Waals surface area contributed by atoms with Gasteiger partial charge in [0, 0.05) is 23.8 Å². The van der Waals surface area contributed by atoms with Gasteiger partial charge in [0.05, 0.1) is 17.8 Å². The number of nitrogens with zero attached hydrogens (tertiary/aromatic N) is 2. The van der Waals surface area contributed by atoms with E-state index in [-0.39, 0.29) is 25.0 Å². The Balaban J connectivity index is 1.78. The van der Waals surface area contributed by atoms with Crippen LogP contribution in [0, 0.1) is 5.41 Å². The summed E-state index contributed by atoms with van der Waals surface area (Å²) in [4.78, 5) is 24.5. The van der Waals surface area contributed by atoms with Crippen LogP contribution in [0.25, 0.3) is 10.9 Å². The fourth-order valence-electron chi connectivity index (χ4n) is 3.60. The Bertz CT molecular complexity index is 814. The van der Waals surface area contributed by atoms with Gasteiger partial charge >= 0.3 is 5.97 Å². The maximum Gasteiger partial charge on any atom is 0.330 e. The molecule has 7 nitrogen and oxygen atoms in total. The lowest BCUT2D eigenvalue weighted by molar-refractivity contribution is -0.194. The van der Waals surface area contributed by atoms with Crippen molar-refractivity contribution in [2.45, 2.75) is 45.4 Å². The van der Waals surface area contributed by atoms with Gasteiger partial charge in [-0.05, 0) is 13.0 Å². The molecule has 0 radical (unpaired) electrons. The van der Waals surface area contributed by atoms with Crippen LogP contribution in [0.1, 0.15) is 27.2 Å². The Hall–Kier alpha value is -2.41. The molecule has 0 bridgehead atoms. The largest absolute Gasteiger partial charge is 0.479 e. The molecule has 0 aliphatic heterocycles. The third kappa shape index (κ3) is 2.68. The SMILES string of the molecule is CCOC1CC(NC(=O)Cn2ncc3ccccc32)(C(=O)O)C1(C)C. The van der Waals surface area contributed by atoms with Crippen LogP contribution in [0.15, 0.2) is 30.5 Å². The Morgan fingerprint density at radius 1 is 1.40 bits per heavy atom. The Labute approximate surface area is 146 Å². The van der Waals surface area contributed by atoms with Crippen LogP contribution in [0.5, 0.6) is 0 Å². The molecule has 2 unspecified atom stereocenters. The van der Waals surface area contributed by atoms with Crippen molar-refractivity contribution < 1.29 is 19.4 Å². The monoisotopic (exact) mass is 345 g/mol. The van der Waals surface area contributed by atoms with E-state index in [0.29, 0.717) is 6.61 Å². The van der Waals surface area contributed by atoms with Crippen molar-refractivity contribution in [2.24, 2.45) is 5.41 Å². The topological polar surface area (TPSA) is 93.5 Å². The lowest BCUT2D eigenvalue weighted by Gasteiger charge is -2.58. The van der Waals surface area contributed by atoms with Crippen molar-refractivity contribution in [3.63, 3.8) is 0 Å². The summed E-state index contributed by atoms with van der Waals surface area (Å²) in [7, 11) is 0. The van der Waals surface area contributed by atoms with Crippen molar-refractivity contribution in [1.82, 2.24) is 15.1 Å². The first-order valence-electron chi connectivity index (χ1n) is 8.38. The number of aliphatic carboxylic acids is 1. The number of benzene rings is 1. The number of carboxylic acid groups (broad SMARTS) is 1. The first-order valence-corrected chi connectivity index (χ1v) is 8.38. The number of carbonyl (C=O) groups excluding carboxylic acids is 1. The van der Waals surface area contributed by atoms with Gasteiger partial charge in [-0.15, -0.1) is 0 Å². The smallest absolute Gasteiger partial charge is 0.330 e. The van der Waals surface area contributed by atoms with E-state index in [4.69, 9.17) is 4.74 Å². The van der Waals surface area contributed by atoms with Crippen LogP contribution in [0.4, 0.5) is 0 Å². The fraction of sp³-hybridized carbons (Fsp3) is 0.500. The van der Waals surface area contributed by atoms with E-state index >= 15 is 0 Å². The zero-order valence-electron chi connectivity index (χ0n) is 14.7. The number of carbonyl (C=O) groups is 2. The average molecular weight is 345 g/mol. The van der Waals surface area contributed by atoms with E-state index in [1.165, 1.54) is 0 Å². The minimum absolute atomic E-state index is 0.0298. The lowest BCUT2D eigenvalue weighted by Crippen LogP contribution is -2.76. The average Bonchev–Trinajstić information content (AvgIpc) is 2.96. The molecule has 2 aromatic rings. The third-order valence-corrected chi connectivity index (χ3v) is 5.33. The van der Waals surface area contributed by atoms with E-state index in [1.54, 1.807) is 10.9 Å². The maximum absolute atomic E-state index is 12.5. The quantitative estimate of drug-likeness (QED) is 0.833. The van der Waals surface area contributed by atoms with Gasteiger partial charge in [0.2, 0.25) is 5.91 Å². The summed E-state index contributed by atoms with van der Waals surface area (Å²) in [6.45, 7) is 5.98. The molecule has 1 heterocycles. The molecular formula is C18H23N3O4. The van der Waals surface area contributed by atoms with Gasteiger partial charge in [-0.25, -0.2) is 4.79 Å². The highest BCUT2D eigenvalue weighted by atomic mass is 16.5. The van der Waals surface area contributed by atoms with Crippen LogP contribution in [0.2, 0.25) is 0 Å². The fourth-order valence-corrected chi connectivity index (χ4v) is 3.60. The predicted octanol–water partition coefficient (Wildman–Crippen LogP) is 1.81. The number of hydrogen-bond donors (Lipinski definition) is 2. The number of amides is 1. The van der Waals surface area contributed by atoms with E-state index in [9.17, 15) is 14.7 Å². The van der Waals surface area contributed by atoms with E-state index in [2.05, 4.69) is 10.4 Å². The first kappa shape index (κ1) is 17.4. The van der Waals surface area contributed by atoms with E-state index in [1.807, 2.05) is 45.0 Å². The van der Waals surface area contributed by atoms with Gasteiger partial charge in [0.25, 0.3) is 0 Å². The molecule has 1 saturated carbocycles. The zero-order chi connectivity index (χ0) is 18.2. The van der Waals surface area contributed by atoms with Crippen molar-refractivity contribution >= 4 is 22.8 Å². The number of carboxylic acids is 1. The summed E-state index contributed by atoms with van der Waals surface area (Å²) in [6.07, 6.45) is 1.75. The number of rotatable bonds is 6. The number of ether oxygens (including phenoxy) is 1. The lowest BCUT2D eigenvalue weighted by atomic mass is 9.54. The molecule has 1 aliphatic carbocycles. The summed E-state index contributed by atoms with van der Waals surface area (Å²) in [5.41, 5.74) is -1.19. The molecule has 7 heteroatoms. The van der Waals surface area contributed by atoms with Crippen LogP contribution < -0.4 is 5.32 Å². The van der Waals surface area contributed by atoms with E-state index in [0.717, 1.165) is 10.9 Å². The molecule has 1 aliphatic rings. The Kier molecular flexibility index (Phi) is 4.28. The third-order valence-electron chi connectivity index (χ3n) is 5.33. The minimum atomic E-state index is -1.33. The summed E-state index contributed by atoms with van der Waals surface area (Å²) in [5.74, 6) is -1.41. The van der Waals surface area contributed by atoms with Gasteiger partial charge in [0.15, 0.2) is 0 Å². The molecule has 2 N–H and O–H groups in total. The number of hydrogen-bond acceptors (Lipinski definition) is 4. The highest BCUT2D eigenvalue weighted by Gasteiger charge is 2.66. The van der Waals surface area contributed by atoms with Gasteiger partial charge in [-0.1, -0.05) is 32.0 Å². The number of para-hydroxylation sites is 1. The highest BCUT2D eigenvalue weighted by Crippen LogP contribution is 2.51. The van der Waals surface area contributed by atoms with Gasteiger partial charge < -0.3 is 15.2 Å². The van der Waals surface area contributed by atoms with Crippen molar-refractivity contribution in [1.29, 1.82) is 0 Å². The number of fused-ring (bicyclic) bond motifs is 1. The summed E-state index contributed by atoms with van der Waals surface area (Å²) < 4.78 is 7.19. The first-order chi connectivity index (χ1) is 11.8. The molecule has 0 saturated heterocycles. The molecule has 3 rings (SSSR count). The second-order valence-electron chi connectivity index (χ2n) is 6.99. The van der Waals surface area contributed by atoms with Crippen molar-refractivity contribution in [2.75, 3.05) is 6.61 Å². The molecule has 1 fully saturated rings. The van der Waals surface area contributed by atoms with Crippen LogP contribution in [0.3, 0.4) is 0 Å². The summed E-state index contributed by atoms with van der Waals surface area (Å²) in [5, 5.41) is 17.6. The summed E-state index contributed by atoms with van der Waals surface area (Å²) in [6, 6.07) is 7.57. The summed E-state index contributed by atoms with van der Waals surface area (Å²) >= 11 is 0. The molecule has 1 aromatic heterocycles. The van der Waals surface area contributed by atoms with Gasteiger partial charge in [-0.2, -0.15) is 5.10 Å².